The van der Waals surface area contributed by atoms with Gasteiger partial charge in [0, 0.05) is 17.5 Å². The highest BCUT2D eigenvalue weighted by atomic mass is 32.2. The Morgan fingerprint density at radius 2 is 2.09 bits per heavy atom. The van der Waals surface area contributed by atoms with Crippen LogP contribution in [0.15, 0.2) is 33.7 Å². The minimum atomic E-state index is -0.0270. The Morgan fingerprint density at radius 1 is 1.36 bits per heavy atom. The van der Waals surface area contributed by atoms with Crippen molar-refractivity contribution < 1.29 is 9.32 Å². The van der Waals surface area contributed by atoms with Crippen molar-refractivity contribution in [3.63, 3.8) is 0 Å². The smallest absolute Gasteiger partial charge is 0.259 e. The normalized spacial score (nSPS) is 11.0. The Bertz CT molecular complexity index is 645. The first kappa shape index (κ1) is 16.6. The molecule has 0 aliphatic carbocycles. The highest BCUT2D eigenvalue weighted by Crippen LogP contribution is 2.21. The van der Waals surface area contributed by atoms with E-state index in [0.717, 1.165) is 5.56 Å². The van der Waals surface area contributed by atoms with Gasteiger partial charge in [-0.15, -0.1) is 11.8 Å². The maximum atomic E-state index is 12.9. The molecule has 118 valence electrons. The first-order valence-corrected chi connectivity index (χ1v) is 8.53. The number of aromatic nitrogens is 1. The molecule has 4 nitrogen and oxygen atoms in total. The molecule has 0 saturated carbocycles. The van der Waals surface area contributed by atoms with E-state index in [-0.39, 0.29) is 11.9 Å². The maximum absolute atomic E-state index is 12.9. The standard InChI is InChI=1S/C17H22N2O2S/c1-11(2)19(10-14-7-6-8-15(9-14)22-5)17(20)16-12(3)18-21-13(16)4/h6-9,11H,10H2,1-5H3. The number of nitrogens with zero attached hydrogens (tertiary/aromatic N) is 2. The quantitative estimate of drug-likeness (QED) is 0.780. The van der Waals surface area contributed by atoms with Crippen LogP contribution in [0, 0.1) is 13.8 Å². The summed E-state index contributed by atoms with van der Waals surface area (Å²) in [6.07, 6.45) is 2.05. The molecule has 0 unspecified atom stereocenters. The molecular weight excluding hydrogens is 296 g/mol. The zero-order valence-corrected chi connectivity index (χ0v) is 14.5. The van der Waals surface area contributed by atoms with E-state index in [1.807, 2.05) is 31.1 Å². The third kappa shape index (κ3) is 3.53. The molecule has 0 spiro atoms. The Labute approximate surface area is 135 Å². The van der Waals surface area contributed by atoms with Crippen molar-refractivity contribution in [3.8, 4) is 0 Å². The van der Waals surface area contributed by atoms with Crippen LogP contribution in [0.4, 0.5) is 0 Å². The Kier molecular flexibility index (Phi) is 5.29. The van der Waals surface area contributed by atoms with E-state index in [0.29, 0.717) is 23.6 Å². The van der Waals surface area contributed by atoms with Crippen LogP contribution in [0.1, 0.15) is 41.2 Å². The third-order valence-electron chi connectivity index (χ3n) is 3.62. The van der Waals surface area contributed by atoms with Crippen LogP contribution in [0.5, 0.6) is 0 Å². The molecule has 1 heterocycles. The summed E-state index contributed by atoms with van der Waals surface area (Å²) in [5.74, 6) is 0.548. The second-order valence-corrected chi connectivity index (χ2v) is 6.46. The molecular formula is C17H22N2O2S. The number of rotatable bonds is 5. The van der Waals surface area contributed by atoms with Gasteiger partial charge >= 0.3 is 0 Å². The van der Waals surface area contributed by atoms with Crippen LogP contribution < -0.4 is 0 Å². The predicted molar refractivity (Wildman–Crippen MR) is 89.2 cm³/mol. The van der Waals surface area contributed by atoms with E-state index in [2.05, 4.69) is 23.4 Å². The van der Waals surface area contributed by atoms with Gasteiger partial charge in [-0.3, -0.25) is 4.79 Å². The van der Waals surface area contributed by atoms with Gasteiger partial charge in [-0.25, -0.2) is 0 Å². The van der Waals surface area contributed by atoms with Gasteiger partial charge in [-0.05, 0) is 51.6 Å². The molecule has 2 aromatic rings. The summed E-state index contributed by atoms with van der Waals surface area (Å²) < 4.78 is 5.13. The predicted octanol–water partition coefficient (Wildman–Crippen LogP) is 4.06. The van der Waals surface area contributed by atoms with E-state index >= 15 is 0 Å². The van der Waals surface area contributed by atoms with Crippen LogP contribution in [0.25, 0.3) is 0 Å². The van der Waals surface area contributed by atoms with Gasteiger partial charge < -0.3 is 9.42 Å². The summed E-state index contributed by atoms with van der Waals surface area (Å²) in [6.45, 7) is 8.20. The van der Waals surface area contributed by atoms with Gasteiger partial charge in [0.2, 0.25) is 0 Å². The highest BCUT2D eigenvalue weighted by Gasteiger charge is 2.25. The molecule has 22 heavy (non-hydrogen) atoms. The zero-order chi connectivity index (χ0) is 16.3. The molecule has 1 amide bonds. The number of hydrogen-bond acceptors (Lipinski definition) is 4. The van der Waals surface area contributed by atoms with E-state index < -0.39 is 0 Å². The minimum absolute atomic E-state index is 0.0270. The van der Waals surface area contributed by atoms with Gasteiger partial charge in [0.15, 0.2) is 0 Å². The Balaban J connectivity index is 2.28. The topological polar surface area (TPSA) is 46.3 Å². The Hall–Kier alpha value is -1.75. The van der Waals surface area contributed by atoms with Crippen molar-refractivity contribution in [1.82, 2.24) is 10.1 Å². The summed E-state index contributed by atoms with van der Waals surface area (Å²) in [5, 5.41) is 3.89. The number of carbonyl (C=O) groups is 1. The van der Waals surface area contributed by atoms with E-state index in [9.17, 15) is 4.79 Å². The molecule has 1 aromatic heterocycles. The van der Waals surface area contributed by atoms with Crippen molar-refractivity contribution in [2.24, 2.45) is 0 Å². The van der Waals surface area contributed by atoms with Gasteiger partial charge in [-0.2, -0.15) is 0 Å². The molecule has 0 radical (unpaired) electrons. The molecule has 0 saturated heterocycles. The van der Waals surface area contributed by atoms with E-state index in [4.69, 9.17) is 4.52 Å². The van der Waals surface area contributed by atoms with Crippen LogP contribution in [0.2, 0.25) is 0 Å². The molecule has 5 heteroatoms. The molecule has 0 atom stereocenters. The minimum Gasteiger partial charge on any atom is -0.361 e. The van der Waals surface area contributed by atoms with Crippen LogP contribution in [0.3, 0.4) is 0 Å². The fourth-order valence-electron chi connectivity index (χ4n) is 2.39. The molecule has 0 bridgehead atoms. The third-order valence-corrected chi connectivity index (χ3v) is 4.34. The molecule has 0 aliphatic heterocycles. The van der Waals surface area contributed by atoms with Crippen LogP contribution in [-0.2, 0) is 6.54 Å². The van der Waals surface area contributed by atoms with Crippen LogP contribution in [-0.4, -0.2) is 28.3 Å². The second kappa shape index (κ2) is 7.01. The number of carbonyl (C=O) groups excluding carboxylic acids is 1. The average Bonchev–Trinajstić information content (AvgIpc) is 2.83. The average molecular weight is 318 g/mol. The SMILES string of the molecule is CSc1cccc(CN(C(=O)c2c(C)noc2C)C(C)C)c1. The number of benzene rings is 1. The van der Waals surface area contributed by atoms with Gasteiger partial charge in [0.25, 0.3) is 5.91 Å². The fourth-order valence-corrected chi connectivity index (χ4v) is 2.87. The highest BCUT2D eigenvalue weighted by molar-refractivity contribution is 7.98. The summed E-state index contributed by atoms with van der Waals surface area (Å²) in [6, 6.07) is 8.37. The van der Waals surface area contributed by atoms with Crippen molar-refractivity contribution in [2.45, 2.75) is 45.2 Å². The van der Waals surface area contributed by atoms with Crippen LogP contribution >= 0.6 is 11.8 Å². The number of aryl methyl sites for hydroxylation is 2. The summed E-state index contributed by atoms with van der Waals surface area (Å²) in [4.78, 5) is 15.9. The monoisotopic (exact) mass is 318 g/mol. The van der Waals surface area contributed by atoms with Crippen molar-refractivity contribution >= 4 is 17.7 Å². The zero-order valence-electron chi connectivity index (χ0n) is 13.7. The molecule has 2 rings (SSSR count). The number of amides is 1. The second-order valence-electron chi connectivity index (χ2n) is 5.58. The molecule has 0 aliphatic rings. The lowest BCUT2D eigenvalue weighted by atomic mass is 10.1. The van der Waals surface area contributed by atoms with Crippen molar-refractivity contribution in [2.75, 3.05) is 6.26 Å². The first-order chi connectivity index (χ1) is 10.4. The number of thioether (sulfide) groups is 1. The summed E-state index contributed by atoms with van der Waals surface area (Å²) in [7, 11) is 0. The van der Waals surface area contributed by atoms with Gasteiger partial charge in [-0.1, -0.05) is 17.3 Å². The molecule has 0 fully saturated rings. The molecule has 0 N–H and O–H groups in total. The van der Waals surface area contributed by atoms with E-state index in [1.54, 1.807) is 25.6 Å². The van der Waals surface area contributed by atoms with Crippen molar-refractivity contribution in [1.29, 1.82) is 0 Å². The summed E-state index contributed by atoms with van der Waals surface area (Å²) in [5.41, 5.74) is 2.35. The Morgan fingerprint density at radius 3 is 2.64 bits per heavy atom. The lowest BCUT2D eigenvalue weighted by Crippen LogP contribution is -2.36. The maximum Gasteiger partial charge on any atom is 0.259 e. The van der Waals surface area contributed by atoms with Crippen molar-refractivity contribution in [3.05, 3.63) is 46.8 Å². The molecule has 1 aromatic carbocycles. The fraction of sp³-hybridized carbons (Fsp3) is 0.412. The lowest BCUT2D eigenvalue weighted by molar-refractivity contribution is 0.0688. The lowest BCUT2D eigenvalue weighted by Gasteiger charge is -2.27. The van der Waals surface area contributed by atoms with Gasteiger partial charge in [0.05, 0.1) is 5.69 Å². The number of hydrogen-bond donors (Lipinski definition) is 0. The first-order valence-electron chi connectivity index (χ1n) is 7.30. The summed E-state index contributed by atoms with van der Waals surface area (Å²) >= 11 is 1.70. The van der Waals surface area contributed by atoms with Gasteiger partial charge in [0.1, 0.15) is 11.3 Å². The van der Waals surface area contributed by atoms with E-state index in [1.165, 1.54) is 4.90 Å². The largest absolute Gasteiger partial charge is 0.361 e.